The van der Waals surface area contributed by atoms with Gasteiger partial charge in [0.2, 0.25) is 39.8 Å². The first-order valence-corrected chi connectivity index (χ1v) is 33.3. The predicted molar refractivity (Wildman–Crippen MR) is 351 cm³/mol. The number of fused-ring (bicyclic) bond motifs is 5. The Labute approximate surface area is 545 Å². The van der Waals surface area contributed by atoms with Gasteiger partial charge in [-0.05, 0) is 109 Å². The number of thioether (sulfide) groups is 1. The number of rotatable bonds is 32. The van der Waals surface area contributed by atoms with Crippen molar-refractivity contribution < 1.29 is 60.9 Å². The van der Waals surface area contributed by atoms with Gasteiger partial charge in [0.1, 0.15) is 26.4 Å². The van der Waals surface area contributed by atoms with Crippen LogP contribution in [0.1, 0.15) is 133 Å². The van der Waals surface area contributed by atoms with Gasteiger partial charge in [-0.3, -0.25) is 29.0 Å². The summed E-state index contributed by atoms with van der Waals surface area (Å²) in [5.41, 5.74) is 3.40. The van der Waals surface area contributed by atoms with Crippen molar-refractivity contribution in [1.29, 1.82) is 0 Å². The van der Waals surface area contributed by atoms with Crippen LogP contribution in [0, 0.1) is 11.8 Å². The topological polar surface area (TPSA) is 345 Å². The number of amides is 4. The number of ether oxygens (including phenoxy) is 5. The number of sulfonamides is 1. The van der Waals surface area contributed by atoms with Crippen molar-refractivity contribution in [3.63, 3.8) is 0 Å². The van der Waals surface area contributed by atoms with Crippen molar-refractivity contribution in [2.24, 2.45) is 15.9 Å². The van der Waals surface area contributed by atoms with E-state index < -0.39 is 82.4 Å². The fourth-order valence-electron chi connectivity index (χ4n) is 10.1. The minimum Gasteiger partial charge on any atom is -0.458 e. The van der Waals surface area contributed by atoms with Crippen molar-refractivity contribution in [2.45, 2.75) is 154 Å². The Morgan fingerprint density at radius 1 is 0.946 bits per heavy atom. The Balaban J connectivity index is 0.765. The first kappa shape index (κ1) is 71.8. The zero-order valence-electron chi connectivity index (χ0n) is 53.9. The third-order valence-electron chi connectivity index (χ3n) is 15.1. The molecule has 0 fully saturated rings. The largest absolute Gasteiger partial charge is 0.509 e. The molecule has 2 aliphatic heterocycles. The SMILES string of the molecule is CCC(CC)Sc1ncc(C#CCCCC(=O)NCC(C=NCC(C)(C)OCCC(C)(C)NC(=O)COCC(=O)NCC(=O)Nc2ccc(COC(=O)O[C@@H]3C(=O)OCc4c3cc3n(c4=O)Cc4c-3nc3ccccc3c4CCN(C(C)C)S(C)(=O)=O)cc2)=NN)cn1. The van der Waals surface area contributed by atoms with E-state index in [2.05, 4.69) is 67.0 Å². The molecule has 93 heavy (non-hydrogen) atoms. The van der Waals surface area contributed by atoms with E-state index in [0.717, 1.165) is 40.1 Å². The molecule has 28 heteroatoms. The van der Waals surface area contributed by atoms with Gasteiger partial charge in [0, 0.05) is 83.6 Å². The van der Waals surface area contributed by atoms with Gasteiger partial charge in [0.05, 0.1) is 71.8 Å². The number of aromatic nitrogens is 4. The summed E-state index contributed by atoms with van der Waals surface area (Å²) in [5.74, 6) is 8.94. The molecule has 0 aliphatic carbocycles. The summed E-state index contributed by atoms with van der Waals surface area (Å²) in [4.78, 5) is 109. The summed E-state index contributed by atoms with van der Waals surface area (Å²) >= 11 is 1.67. The van der Waals surface area contributed by atoms with Crippen molar-refractivity contribution >= 4 is 86.1 Å². The molecule has 2 aromatic carbocycles. The zero-order valence-corrected chi connectivity index (χ0v) is 55.6. The molecule has 5 heterocycles. The molecule has 2 aliphatic rings. The third-order valence-corrected chi connectivity index (χ3v) is 17.9. The van der Waals surface area contributed by atoms with Crippen LogP contribution in [0.3, 0.4) is 0 Å². The second-order valence-corrected chi connectivity index (χ2v) is 27.0. The van der Waals surface area contributed by atoms with E-state index in [0.29, 0.717) is 64.8 Å². The zero-order chi connectivity index (χ0) is 67.5. The lowest BCUT2D eigenvalue weighted by molar-refractivity contribution is -0.159. The van der Waals surface area contributed by atoms with Crippen LogP contribution in [0.5, 0.6) is 0 Å². The third kappa shape index (κ3) is 21.2. The highest BCUT2D eigenvalue weighted by Gasteiger charge is 2.39. The normalized spacial score (nSPS) is 13.9. The summed E-state index contributed by atoms with van der Waals surface area (Å²) in [7, 11) is -3.53. The smallest absolute Gasteiger partial charge is 0.458 e. The number of hydrazone groups is 1. The van der Waals surface area contributed by atoms with Gasteiger partial charge in [-0.1, -0.05) is 67.8 Å². The molecule has 6 N–H and O–H groups in total. The summed E-state index contributed by atoms with van der Waals surface area (Å²) in [5, 5.41) is 16.5. The van der Waals surface area contributed by atoms with E-state index in [-0.39, 0.29) is 75.5 Å². The number of hydrogen-bond acceptors (Lipinski definition) is 21. The highest BCUT2D eigenvalue weighted by Crippen LogP contribution is 2.39. The van der Waals surface area contributed by atoms with E-state index in [1.165, 1.54) is 21.3 Å². The maximum absolute atomic E-state index is 14.1. The molecule has 1 atom stereocenters. The Bertz CT molecular complexity index is 3820. The van der Waals surface area contributed by atoms with E-state index in [4.69, 9.17) is 34.5 Å². The minimum atomic E-state index is -3.53. The van der Waals surface area contributed by atoms with Gasteiger partial charge in [-0.2, -0.15) is 9.41 Å². The summed E-state index contributed by atoms with van der Waals surface area (Å²) in [6, 6.07) is 15.0. The maximum atomic E-state index is 14.1. The Kier molecular flexibility index (Phi) is 25.7. The Morgan fingerprint density at radius 3 is 2.35 bits per heavy atom. The second kappa shape index (κ2) is 33.3. The average molecular weight is 1320 g/mol. The minimum absolute atomic E-state index is 0.0997. The number of anilines is 1. The molecule has 3 aromatic heterocycles. The highest BCUT2D eigenvalue weighted by atomic mass is 32.2. The molecular formula is C65H82N12O14S2. The van der Waals surface area contributed by atoms with Crippen molar-refractivity contribution in [3.8, 4) is 23.2 Å². The summed E-state index contributed by atoms with van der Waals surface area (Å²) in [6.45, 7) is 14.3. The quantitative estimate of drug-likeness (QED) is 0.00470. The fourth-order valence-corrected chi connectivity index (χ4v) is 12.2. The number of nitrogens with one attached hydrogen (secondary N) is 4. The Hall–Kier alpha value is -8.62. The van der Waals surface area contributed by atoms with Gasteiger partial charge in [0.25, 0.3) is 5.56 Å². The number of para-hydroxylation sites is 1. The van der Waals surface area contributed by atoms with E-state index >= 15 is 0 Å². The Morgan fingerprint density at radius 2 is 1.66 bits per heavy atom. The summed E-state index contributed by atoms with van der Waals surface area (Å²) < 4.78 is 55.9. The van der Waals surface area contributed by atoms with Crippen LogP contribution in [0.4, 0.5) is 10.5 Å². The molecule has 0 unspecified atom stereocenters. The molecule has 498 valence electrons. The van der Waals surface area contributed by atoms with Gasteiger partial charge in [-0.15, -0.1) is 0 Å². The maximum Gasteiger partial charge on any atom is 0.509 e. The number of carbonyl (C=O) groups excluding carboxylic acids is 6. The number of cyclic esters (lactones) is 1. The predicted octanol–water partition coefficient (Wildman–Crippen LogP) is 6.03. The molecule has 0 saturated carbocycles. The average Bonchev–Trinajstić information content (AvgIpc) is 1.61. The van der Waals surface area contributed by atoms with Crippen molar-refractivity contribution in [1.82, 2.24) is 39.8 Å². The van der Waals surface area contributed by atoms with Crippen LogP contribution in [0.15, 0.2) is 87.0 Å². The van der Waals surface area contributed by atoms with Crippen LogP contribution in [0.2, 0.25) is 0 Å². The summed E-state index contributed by atoms with van der Waals surface area (Å²) in [6.07, 6.45) is 7.49. The molecule has 26 nitrogen and oxygen atoms in total. The highest BCUT2D eigenvalue weighted by molar-refractivity contribution is 7.99. The lowest BCUT2D eigenvalue weighted by Crippen LogP contribution is -2.46. The molecule has 0 saturated heterocycles. The molecule has 4 amide bonds. The van der Waals surface area contributed by atoms with Crippen LogP contribution < -0.4 is 32.7 Å². The molecule has 7 rings (SSSR count). The van der Waals surface area contributed by atoms with E-state index in [1.807, 2.05) is 52.0 Å². The first-order valence-electron chi connectivity index (χ1n) is 30.6. The number of carbonyl (C=O) groups is 6. The number of unbranched alkanes of at least 4 members (excludes halogenated alkanes) is 1. The number of nitrogens with zero attached hydrogens (tertiary/aromatic N) is 7. The van der Waals surface area contributed by atoms with E-state index in [9.17, 15) is 42.0 Å². The molecular weight excluding hydrogens is 1240 g/mol. The number of nitrogens with two attached hydrogens (primary N) is 1. The van der Waals surface area contributed by atoms with Gasteiger partial charge in [-0.25, -0.2) is 33.0 Å². The van der Waals surface area contributed by atoms with E-state index in [1.54, 1.807) is 68.3 Å². The first-order chi connectivity index (χ1) is 44.3. The van der Waals surface area contributed by atoms with Crippen molar-refractivity contribution in [2.75, 3.05) is 57.6 Å². The number of esters is 1. The van der Waals surface area contributed by atoms with Gasteiger partial charge in [0.15, 0.2) is 5.16 Å². The van der Waals surface area contributed by atoms with Crippen LogP contribution in [-0.2, 0) is 83.9 Å². The van der Waals surface area contributed by atoms with Crippen molar-refractivity contribution in [3.05, 3.63) is 111 Å². The van der Waals surface area contributed by atoms with Gasteiger partial charge < -0.3 is 55.4 Å². The standard InChI is InChI=1S/C65H82N12O14S2/c1-10-46(11-2)92-62-70-30-43(31-71-62)17-13-12-14-20-54(78)68-33-45(75-66)32-67-40-65(7,8)90-28-26-64(5,6)74-57(81)39-87-38-56(80)69-34-55(79)72-44-23-21-42(22-24-44)36-89-63(84)91-59-49-29-53-58-50(35-76(53)60(82)51(49)37-88-61(59)83)47(48-18-15-16-19-52(48)73-58)25-27-77(41(3)4)93(9,85)86/h15-16,18-19,21-24,29-32,41,46,59H,10-12,14,20,25-28,33-40,66H2,1-9H3,(H,68,78)(H,69,80)(H,72,79)(H,74,81)/t59-/m0/s1. The molecule has 5 aromatic rings. The lowest BCUT2D eigenvalue weighted by Gasteiger charge is -2.29. The number of pyridine rings is 2. The monoisotopic (exact) mass is 1320 g/mol. The molecule has 0 bridgehead atoms. The number of aliphatic imine (C=N–C) groups is 1. The van der Waals surface area contributed by atoms with Crippen LogP contribution >= 0.6 is 11.8 Å². The number of hydrogen-bond donors (Lipinski definition) is 5. The lowest BCUT2D eigenvalue weighted by atomic mass is 9.97. The molecule has 0 spiro atoms. The van der Waals surface area contributed by atoms with Gasteiger partial charge >= 0.3 is 12.1 Å². The van der Waals surface area contributed by atoms with Crippen LogP contribution in [-0.4, -0.2) is 155 Å². The second-order valence-electron chi connectivity index (χ2n) is 23.8. The van der Waals surface area contributed by atoms with Crippen LogP contribution in [0.25, 0.3) is 22.3 Å². The number of benzene rings is 2. The molecule has 0 radical (unpaired) electrons. The fraction of sp³-hybridized carbons (Fsp3) is 0.477.